The monoisotopic (exact) mass is 383 g/mol. The highest BCUT2D eigenvalue weighted by molar-refractivity contribution is 6.40. The number of alkyl halides is 5. The van der Waals surface area contributed by atoms with E-state index < -0.39 is 70.7 Å². The minimum Gasteiger partial charge on any atom is -0.475 e. The Morgan fingerprint density at radius 3 is 2.04 bits per heavy atom. The second-order valence-electron chi connectivity index (χ2n) is 5.60. The Hall–Kier alpha value is -2.59. The van der Waals surface area contributed by atoms with Gasteiger partial charge in [0, 0.05) is 0 Å². The van der Waals surface area contributed by atoms with Crippen LogP contribution in [0.2, 0.25) is 0 Å². The summed E-state index contributed by atoms with van der Waals surface area (Å²) in [6, 6.07) is 0. The lowest BCUT2D eigenvalue weighted by molar-refractivity contribution is -0.142. The van der Waals surface area contributed by atoms with E-state index in [2.05, 4.69) is 9.72 Å². The Morgan fingerprint density at radius 1 is 1.15 bits per heavy atom. The summed E-state index contributed by atoms with van der Waals surface area (Å²) in [6.45, 7) is 2.96. The SMILES string of the molecule is COC(=O)c1c(C(F)F)nc(C(F)(F)F)c(C(=O)C(=O)O)c1CC(C)C. The Bertz CT molecular complexity index is 743. The molecule has 1 heterocycles. The third kappa shape index (κ3) is 4.33. The molecule has 1 aromatic rings. The molecule has 0 atom stereocenters. The molecule has 1 rings (SSSR count). The molecule has 0 saturated carbocycles. The van der Waals surface area contributed by atoms with Crippen LogP contribution in [-0.2, 0) is 22.1 Å². The van der Waals surface area contributed by atoms with Gasteiger partial charge in [-0.25, -0.2) is 23.4 Å². The van der Waals surface area contributed by atoms with E-state index in [0.29, 0.717) is 0 Å². The van der Waals surface area contributed by atoms with Gasteiger partial charge in [-0.15, -0.1) is 0 Å². The van der Waals surface area contributed by atoms with Crippen LogP contribution in [0.5, 0.6) is 0 Å². The van der Waals surface area contributed by atoms with E-state index in [1.54, 1.807) is 0 Å². The second-order valence-corrected chi connectivity index (χ2v) is 5.60. The number of hydrogen-bond acceptors (Lipinski definition) is 5. The predicted octanol–water partition coefficient (Wildman–Crippen LogP) is 3.29. The lowest BCUT2D eigenvalue weighted by Gasteiger charge is -2.21. The van der Waals surface area contributed by atoms with E-state index in [1.165, 1.54) is 13.8 Å². The van der Waals surface area contributed by atoms with Gasteiger partial charge in [0.15, 0.2) is 5.69 Å². The van der Waals surface area contributed by atoms with Crippen molar-refractivity contribution in [2.24, 2.45) is 5.92 Å². The van der Waals surface area contributed by atoms with Crippen molar-refractivity contribution in [2.45, 2.75) is 32.9 Å². The van der Waals surface area contributed by atoms with E-state index >= 15 is 0 Å². The number of rotatable bonds is 6. The summed E-state index contributed by atoms with van der Waals surface area (Å²) in [5, 5.41) is 8.84. The summed E-state index contributed by atoms with van der Waals surface area (Å²) >= 11 is 0. The highest BCUT2D eigenvalue weighted by Crippen LogP contribution is 2.38. The molecule has 0 fully saturated rings. The molecule has 0 amide bonds. The second kappa shape index (κ2) is 7.75. The van der Waals surface area contributed by atoms with Crippen LogP contribution in [0.15, 0.2) is 0 Å². The third-order valence-electron chi connectivity index (χ3n) is 3.23. The van der Waals surface area contributed by atoms with Crippen molar-refractivity contribution < 1.29 is 46.2 Å². The van der Waals surface area contributed by atoms with Crippen LogP contribution in [0.25, 0.3) is 0 Å². The molecule has 0 aliphatic heterocycles. The van der Waals surface area contributed by atoms with Gasteiger partial charge < -0.3 is 9.84 Å². The Kier molecular flexibility index (Phi) is 6.39. The maximum atomic E-state index is 13.3. The fraction of sp³-hybridized carbons (Fsp3) is 0.467. The van der Waals surface area contributed by atoms with Crippen molar-refractivity contribution in [3.05, 3.63) is 28.1 Å². The zero-order valence-electron chi connectivity index (χ0n) is 13.8. The lowest BCUT2D eigenvalue weighted by atomic mass is 9.89. The third-order valence-corrected chi connectivity index (χ3v) is 3.23. The number of ketones is 1. The first-order valence-corrected chi connectivity index (χ1v) is 7.10. The average Bonchev–Trinajstić information content (AvgIpc) is 2.50. The quantitative estimate of drug-likeness (QED) is 0.351. The number of esters is 1. The van der Waals surface area contributed by atoms with Crippen molar-refractivity contribution in [2.75, 3.05) is 7.11 Å². The van der Waals surface area contributed by atoms with Crippen LogP contribution in [0, 0.1) is 5.92 Å². The number of aromatic nitrogens is 1. The zero-order chi connectivity index (χ0) is 20.4. The summed E-state index contributed by atoms with van der Waals surface area (Å²) in [6.07, 6.45) is -9.45. The molecule has 0 aliphatic carbocycles. The number of nitrogens with zero attached hydrogens (tertiary/aromatic N) is 1. The number of carbonyl (C=O) groups excluding carboxylic acids is 2. The summed E-state index contributed by atoms with van der Waals surface area (Å²) in [5.41, 5.74) is -6.86. The number of halogens is 5. The minimum atomic E-state index is -5.40. The van der Waals surface area contributed by atoms with Crippen molar-refractivity contribution in [1.82, 2.24) is 4.98 Å². The molecule has 144 valence electrons. The number of hydrogen-bond donors (Lipinski definition) is 1. The molecule has 26 heavy (non-hydrogen) atoms. The molecule has 11 heteroatoms. The van der Waals surface area contributed by atoms with Gasteiger partial charge in [-0.1, -0.05) is 13.8 Å². The highest BCUT2D eigenvalue weighted by Gasteiger charge is 2.43. The number of pyridine rings is 1. The molecular formula is C15H14F5NO5. The highest BCUT2D eigenvalue weighted by atomic mass is 19.4. The maximum absolute atomic E-state index is 13.3. The van der Waals surface area contributed by atoms with Crippen molar-refractivity contribution >= 4 is 17.7 Å². The van der Waals surface area contributed by atoms with Gasteiger partial charge in [0.1, 0.15) is 5.69 Å². The van der Waals surface area contributed by atoms with Crippen LogP contribution in [0.3, 0.4) is 0 Å². The molecule has 0 saturated heterocycles. The topological polar surface area (TPSA) is 93.6 Å². The molecule has 6 nitrogen and oxygen atoms in total. The Morgan fingerprint density at radius 2 is 1.69 bits per heavy atom. The fourth-order valence-corrected chi connectivity index (χ4v) is 2.31. The van der Waals surface area contributed by atoms with Gasteiger partial charge >= 0.3 is 18.1 Å². The number of aliphatic carboxylic acids is 1. The predicted molar refractivity (Wildman–Crippen MR) is 76.0 cm³/mol. The maximum Gasteiger partial charge on any atom is 0.434 e. The van der Waals surface area contributed by atoms with E-state index in [0.717, 1.165) is 7.11 Å². The molecule has 0 spiro atoms. The van der Waals surface area contributed by atoms with Gasteiger partial charge in [-0.2, -0.15) is 13.2 Å². The summed E-state index contributed by atoms with van der Waals surface area (Å²) in [4.78, 5) is 37.5. The van der Waals surface area contributed by atoms with E-state index in [1.807, 2.05) is 0 Å². The normalized spacial score (nSPS) is 11.8. The fourth-order valence-electron chi connectivity index (χ4n) is 2.31. The first-order valence-electron chi connectivity index (χ1n) is 7.10. The Balaban J connectivity index is 4.13. The van der Waals surface area contributed by atoms with Crippen molar-refractivity contribution in [3.63, 3.8) is 0 Å². The van der Waals surface area contributed by atoms with Crippen LogP contribution < -0.4 is 0 Å². The van der Waals surface area contributed by atoms with Crippen LogP contribution in [0.1, 0.15) is 57.9 Å². The van der Waals surface area contributed by atoms with Crippen LogP contribution >= 0.6 is 0 Å². The first kappa shape index (κ1) is 21.5. The van der Waals surface area contributed by atoms with E-state index in [4.69, 9.17) is 5.11 Å². The molecule has 0 unspecified atom stereocenters. The zero-order valence-corrected chi connectivity index (χ0v) is 13.8. The number of methoxy groups -OCH3 is 1. The first-order chi connectivity index (χ1) is 11.8. The summed E-state index contributed by atoms with van der Waals surface area (Å²) in [5.74, 6) is -6.21. The molecule has 0 radical (unpaired) electrons. The molecule has 0 aromatic carbocycles. The van der Waals surface area contributed by atoms with Gasteiger partial charge in [0.25, 0.3) is 12.2 Å². The number of carbonyl (C=O) groups is 3. The number of carboxylic acids is 1. The summed E-state index contributed by atoms with van der Waals surface area (Å²) < 4.78 is 70.7. The molecule has 1 N–H and O–H groups in total. The Labute approximate surface area is 144 Å². The van der Waals surface area contributed by atoms with Crippen molar-refractivity contribution in [1.29, 1.82) is 0 Å². The largest absolute Gasteiger partial charge is 0.475 e. The summed E-state index contributed by atoms with van der Waals surface area (Å²) in [7, 11) is 0.799. The van der Waals surface area contributed by atoms with Crippen LogP contribution in [0.4, 0.5) is 22.0 Å². The average molecular weight is 383 g/mol. The van der Waals surface area contributed by atoms with Gasteiger partial charge in [0.05, 0.1) is 18.2 Å². The minimum absolute atomic E-state index is 0.454. The van der Waals surface area contributed by atoms with Crippen LogP contribution in [-0.4, -0.2) is 34.9 Å². The molecular weight excluding hydrogens is 369 g/mol. The standard InChI is InChI=1S/C15H14F5NO5/c1-5(2)4-6-7(14(25)26-3)9(12(16)17)21-11(15(18,19)20)8(6)10(22)13(23)24/h5,12H,4H2,1-3H3,(H,23,24). The van der Waals surface area contributed by atoms with Crippen molar-refractivity contribution in [3.8, 4) is 0 Å². The molecule has 0 aliphatic rings. The number of ether oxygens (including phenoxy) is 1. The van der Waals surface area contributed by atoms with Gasteiger partial charge in [0.2, 0.25) is 0 Å². The smallest absolute Gasteiger partial charge is 0.434 e. The van der Waals surface area contributed by atoms with E-state index in [9.17, 15) is 36.3 Å². The lowest BCUT2D eigenvalue weighted by Crippen LogP contribution is -2.27. The number of Topliss-reactive ketones (excluding diaryl/α,β-unsaturated/α-hetero) is 1. The number of carboxylic acid groups (broad SMARTS) is 1. The van der Waals surface area contributed by atoms with E-state index in [-0.39, 0.29) is 0 Å². The molecule has 0 bridgehead atoms. The van der Waals surface area contributed by atoms with Gasteiger partial charge in [-0.05, 0) is 17.9 Å². The van der Waals surface area contributed by atoms with Gasteiger partial charge in [-0.3, -0.25) is 4.79 Å². The molecule has 1 aromatic heterocycles.